The van der Waals surface area contributed by atoms with E-state index in [4.69, 9.17) is 9.47 Å². The van der Waals surface area contributed by atoms with Gasteiger partial charge in [0.05, 0.1) is 0 Å². The van der Waals surface area contributed by atoms with Crippen LogP contribution in [0.3, 0.4) is 0 Å². The van der Waals surface area contributed by atoms with Crippen molar-refractivity contribution in [3.63, 3.8) is 0 Å². The van der Waals surface area contributed by atoms with Gasteiger partial charge >= 0.3 is 6.03 Å². The minimum absolute atomic E-state index is 0.0116. The van der Waals surface area contributed by atoms with Crippen LogP contribution in [0.1, 0.15) is 25.0 Å². The fourth-order valence-corrected chi connectivity index (χ4v) is 3.99. The van der Waals surface area contributed by atoms with Crippen LogP contribution in [0.4, 0.5) is 16.2 Å². The third-order valence-electron chi connectivity index (χ3n) is 5.69. The fourth-order valence-electron chi connectivity index (χ4n) is 3.99. The molecule has 0 aliphatic carbocycles. The van der Waals surface area contributed by atoms with Crippen molar-refractivity contribution in [1.29, 1.82) is 0 Å². The first kappa shape index (κ1) is 19.4. The highest BCUT2D eigenvalue weighted by molar-refractivity contribution is 5.91. The maximum Gasteiger partial charge on any atom is 0.321 e. The smallest absolute Gasteiger partial charge is 0.321 e. The number of hydrogen-bond donors (Lipinski definition) is 1. The number of carbonyl (C=O) groups is 1. The first-order valence-corrected chi connectivity index (χ1v) is 10.5. The van der Waals surface area contributed by atoms with Crippen LogP contribution >= 0.6 is 0 Å². The molecule has 1 saturated heterocycles. The van der Waals surface area contributed by atoms with E-state index in [1.165, 1.54) is 11.1 Å². The number of piperazine rings is 1. The van der Waals surface area contributed by atoms with Gasteiger partial charge < -0.3 is 24.6 Å². The van der Waals surface area contributed by atoms with E-state index in [1.807, 2.05) is 17.0 Å². The van der Waals surface area contributed by atoms with Gasteiger partial charge in [-0.15, -0.1) is 0 Å². The zero-order chi connectivity index (χ0) is 20.2. The summed E-state index contributed by atoms with van der Waals surface area (Å²) in [6, 6.07) is 12.3. The van der Waals surface area contributed by atoms with Crippen LogP contribution in [-0.4, -0.2) is 50.3 Å². The minimum Gasteiger partial charge on any atom is -0.486 e. The third kappa shape index (κ3) is 4.11. The minimum atomic E-state index is -0.0116. The number of hydrogen-bond acceptors (Lipinski definition) is 4. The molecule has 2 aliphatic heterocycles. The van der Waals surface area contributed by atoms with Crippen molar-refractivity contribution in [3.05, 3.63) is 47.5 Å². The van der Waals surface area contributed by atoms with Crippen molar-refractivity contribution < 1.29 is 14.3 Å². The summed E-state index contributed by atoms with van der Waals surface area (Å²) in [5.74, 6) is 1.61. The van der Waals surface area contributed by atoms with Crippen molar-refractivity contribution in [2.75, 3.05) is 49.6 Å². The quantitative estimate of drug-likeness (QED) is 0.852. The summed E-state index contributed by atoms with van der Waals surface area (Å²) in [5, 5.41) is 3.18. The maximum absolute atomic E-state index is 12.9. The van der Waals surface area contributed by atoms with Gasteiger partial charge in [0.25, 0.3) is 0 Å². The molecule has 1 N–H and O–H groups in total. The highest BCUT2D eigenvalue weighted by Gasteiger charge is 2.23. The summed E-state index contributed by atoms with van der Waals surface area (Å²) in [7, 11) is 0. The Morgan fingerprint density at radius 1 is 0.931 bits per heavy atom. The largest absolute Gasteiger partial charge is 0.486 e. The van der Waals surface area contributed by atoms with Gasteiger partial charge in [0.15, 0.2) is 11.5 Å². The summed E-state index contributed by atoms with van der Waals surface area (Å²) in [4.78, 5) is 17.1. The first-order chi connectivity index (χ1) is 14.2. The number of amides is 2. The molecule has 29 heavy (non-hydrogen) atoms. The summed E-state index contributed by atoms with van der Waals surface area (Å²) >= 11 is 0. The number of para-hydroxylation sites is 1. The molecular weight excluding hydrogens is 366 g/mol. The molecule has 1 fully saturated rings. The molecule has 0 atom stereocenters. The molecular formula is C23H29N3O3. The predicted octanol–water partition coefficient (Wildman–Crippen LogP) is 3.94. The van der Waals surface area contributed by atoms with Crippen molar-refractivity contribution in [2.45, 2.75) is 26.7 Å². The average molecular weight is 396 g/mol. The highest BCUT2D eigenvalue weighted by Crippen LogP contribution is 2.34. The summed E-state index contributed by atoms with van der Waals surface area (Å²) in [5.41, 5.74) is 4.47. The predicted molar refractivity (Wildman–Crippen MR) is 115 cm³/mol. The Hall–Kier alpha value is -2.89. The fraction of sp³-hybridized carbons (Fsp3) is 0.435. The van der Waals surface area contributed by atoms with Crippen LogP contribution in [0.15, 0.2) is 36.4 Å². The summed E-state index contributed by atoms with van der Waals surface area (Å²) in [6.07, 6.45) is 1.81. The molecule has 0 spiro atoms. The van der Waals surface area contributed by atoms with Crippen molar-refractivity contribution in [1.82, 2.24) is 4.90 Å². The Kier molecular flexibility index (Phi) is 5.79. The molecule has 0 radical (unpaired) electrons. The van der Waals surface area contributed by atoms with E-state index in [-0.39, 0.29) is 6.03 Å². The SMILES string of the molecule is CCc1cccc(CC)c1NC(=O)N1CCN(c2ccc3c(c2)OCCO3)CC1. The average Bonchev–Trinajstić information content (AvgIpc) is 2.79. The summed E-state index contributed by atoms with van der Waals surface area (Å²) < 4.78 is 11.3. The van der Waals surface area contributed by atoms with Crippen LogP contribution < -0.4 is 19.7 Å². The topological polar surface area (TPSA) is 54.0 Å². The number of aryl methyl sites for hydroxylation is 2. The molecule has 6 nitrogen and oxygen atoms in total. The molecule has 6 heteroatoms. The van der Waals surface area contributed by atoms with Gasteiger partial charge in [0.2, 0.25) is 0 Å². The van der Waals surface area contributed by atoms with E-state index in [9.17, 15) is 4.79 Å². The number of anilines is 2. The first-order valence-electron chi connectivity index (χ1n) is 10.5. The number of carbonyl (C=O) groups excluding carboxylic acids is 1. The highest BCUT2D eigenvalue weighted by atomic mass is 16.6. The Morgan fingerprint density at radius 2 is 1.59 bits per heavy atom. The lowest BCUT2D eigenvalue weighted by molar-refractivity contribution is 0.171. The molecule has 2 heterocycles. The standard InChI is InChI=1S/C23H29N3O3/c1-3-17-6-5-7-18(4-2)22(17)24-23(27)26-12-10-25(11-13-26)19-8-9-20-21(16-19)29-15-14-28-20/h5-9,16H,3-4,10-15H2,1-2H3,(H,24,27). The number of urea groups is 1. The lowest BCUT2D eigenvalue weighted by Crippen LogP contribution is -2.50. The van der Waals surface area contributed by atoms with Crippen molar-refractivity contribution in [2.24, 2.45) is 0 Å². The van der Waals surface area contributed by atoms with Crippen LogP contribution in [0.25, 0.3) is 0 Å². The second-order valence-electron chi connectivity index (χ2n) is 7.39. The number of benzene rings is 2. The molecule has 2 aromatic carbocycles. The molecule has 2 amide bonds. The van der Waals surface area contributed by atoms with E-state index >= 15 is 0 Å². The van der Waals surface area contributed by atoms with Crippen molar-refractivity contribution >= 4 is 17.4 Å². The van der Waals surface area contributed by atoms with E-state index in [1.54, 1.807) is 0 Å². The van der Waals surface area contributed by atoms with Gasteiger partial charge in [0, 0.05) is 43.6 Å². The van der Waals surface area contributed by atoms with Crippen LogP contribution in [0.5, 0.6) is 11.5 Å². The third-order valence-corrected chi connectivity index (χ3v) is 5.69. The number of rotatable bonds is 4. The van der Waals surface area contributed by atoms with Gasteiger partial charge in [-0.25, -0.2) is 4.79 Å². The molecule has 2 aliphatic rings. The van der Waals surface area contributed by atoms with E-state index < -0.39 is 0 Å². The number of nitrogens with one attached hydrogen (secondary N) is 1. The molecule has 0 saturated carbocycles. The van der Waals surface area contributed by atoms with E-state index in [2.05, 4.69) is 48.3 Å². The molecule has 0 aromatic heterocycles. The van der Waals surface area contributed by atoms with Gasteiger partial charge in [0.1, 0.15) is 13.2 Å². The van der Waals surface area contributed by atoms with E-state index in [0.717, 1.165) is 48.8 Å². The summed E-state index contributed by atoms with van der Waals surface area (Å²) in [6.45, 7) is 8.40. The molecule has 2 aromatic rings. The van der Waals surface area contributed by atoms with Crippen molar-refractivity contribution in [3.8, 4) is 11.5 Å². The van der Waals surface area contributed by atoms with Gasteiger partial charge in [-0.3, -0.25) is 0 Å². The monoisotopic (exact) mass is 395 g/mol. The Bertz CT molecular complexity index is 853. The lowest BCUT2D eigenvalue weighted by Gasteiger charge is -2.36. The Balaban J connectivity index is 1.39. The van der Waals surface area contributed by atoms with Gasteiger partial charge in [-0.1, -0.05) is 32.0 Å². The lowest BCUT2D eigenvalue weighted by atomic mass is 10.0. The molecule has 4 rings (SSSR count). The molecule has 0 unspecified atom stereocenters. The Morgan fingerprint density at radius 3 is 2.24 bits per heavy atom. The number of nitrogens with zero attached hydrogens (tertiary/aromatic N) is 2. The van der Waals surface area contributed by atoms with E-state index in [0.29, 0.717) is 26.3 Å². The Labute approximate surface area is 172 Å². The van der Waals surface area contributed by atoms with Gasteiger partial charge in [-0.05, 0) is 36.1 Å². The second kappa shape index (κ2) is 8.64. The zero-order valence-corrected chi connectivity index (χ0v) is 17.2. The van der Waals surface area contributed by atoms with Crippen LogP contribution in [0.2, 0.25) is 0 Å². The van der Waals surface area contributed by atoms with Crippen LogP contribution in [0, 0.1) is 0 Å². The maximum atomic E-state index is 12.9. The zero-order valence-electron chi connectivity index (χ0n) is 17.2. The second-order valence-corrected chi connectivity index (χ2v) is 7.39. The van der Waals surface area contributed by atoms with Crippen LogP contribution in [-0.2, 0) is 12.8 Å². The normalized spacial score (nSPS) is 15.9. The van der Waals surface area contributed by atoms with Gasteiger partial charge in [-0.2, -0.15) is 0 Å². The molecule has 154 valence electrons. The number of fused-ring (bicyclic) bond motifs is 1. The molecule has 0 bridgehead atoms. The number of ether oxygens (including phenoxy) is 2.